The monoisotopic (exact) mass is 1940 g/mol. The minimum Gasteiger partial charge on any atom is -0.368 e. The van der Waals surface area contributed by atoms with Crippen LogP contribution in [0.3, 0.4) is 0 Å². The molecule has 0 spiro atoms. The van der Waals surface area contributed by atoms with Crippen LogP contribution in [0.5, 0.6) is 0 Å². The van der Waals surface area contributed by atoms with Crippen molar-refractivity contribution in [3.63, 3.8) is 0 Å². The van der Waals surface area contributed by atoms with E-state index in [-0.39, 0.29) is 27.8 Å². The Hall–Kier alpha value is -15.8. The van der Waals surface area contributed by atoms with Crippen LogP contribution in [0.2, 0.25) is 0 Å². The van der Waals surface area contributed by atoms with Gasteiger partial charge in [0.15, 0.2) is 0 Å². The number of nitrogens with zero attached hydrogens (tertiary/aromatic N) is 27. The van der Waals surface area contributed by atoms with Gasteiger partial charge in [-0.3, -0.25) is 69.7 Å². The molecule has 20 aromatic rings. The number of hydrogen-bond acceptors (Lipinski definition) is 25. The van der Waals surface area contributed by atoms with Gasteiger partial charge in [-0.1, -0.05) is 31.2 Å². The number of pyridine rings is 5. The summed E-state index contributed by atoms with van der Waals surface area (Å²) in [6, 6.07) is 47.9. The highest BCUT2D eigenvalue weighted by Crippen LogP contribution is 2.35. The molecule has 0 unspecified atom stereocenters. The number of benzene rings is 4. The van der Waals surface area contributed by atoms with E-state index < -0.39 is 0 Å². The summed E-state index contributed by atoms with van der Waals surface area (Å²) in [6.45, 7) is 33.3. The van der Waals surface area contributed by atoms with Gasteiger partial charge in [-0.2, -0.15) is 25.5 Å². The Kier molecular flexibility index (Phi) is 26.0. The zero-order valence-electron chi connectivity index (χ0n) is 84.6. The van der Waals surface area contributed by atoms with Crippen LogP contribution >= 0.6 is 0 Å². The molecule has 5 aliphatic heterocycles. The Morgan fingerprint density at radius 3 is 1.28 bits per heavy atom. The van der Waals surface area contributed by atoms with E-state index in [1.807, 2.05) is 215 Å². The fraction of sp³-hybridized carbons (Fsp3) is 0.327. The zero-order valence-corrected chi connectivity index (χ0v) is 84.6. The quantitative estimate of drug-likeness (QED) is 0.102. The van der Waals surface area contributed by atoms with Crippen molar-refractivity contribution in [2.45, 2.75) is 99.2 Å². The molecule has 35 heteroatoms. The fourth-order valence-corrected chi connectivity index (χ4v) is 20.7. The van der Waals surface area contributed by atoms with Gasteiger partial charge in [0, 0.05) is 255 Å². The van der Waals surface area contributed by atoms with Crippen LogP contribution in [0, 0.1) is 41.5 Å². The van der Waals surface area contributed by atoms with E-state index in [2.05, 4.69) is 152 Å². The predicted molar refractivity (Wildman–Crippen MR) is 575 cm³/mol. The van der Waals surface area contributed by atoms with E-state index in [9.17, 15) is 24.0 Å². The summed E-state index contributed by atoms with van der Waals surface area (Å²) in [5, 5.41) is 36.8. The number of piperazine rings is 3. The first-order valence-electron chi connectivity index (χ1n) is 49.8. The second-order valence-electron chi connectivity index (χ2n) is 39.6. The van der Waals surface area contributed by atoms with E-state index in [1.54, 1.807) is 70.9 Å². The van der Waals surface area contributed by atoms with Gasteiger partial charge in [0.2, 0.25) is 0 Å². The molecule has 16 aromatic heterocycles. The summed E-state index contributed by atoms with van der Waals surface area (Å²) >= 11 is 0. The van der Waals surface area contributed by atoms with Gasteiger partial charge >= 0.3 is 0 Å². The van der Waals surface area contributed by atoms with Crippen molar-refractivity contribution in [3.8, 4) is 56.4 Å². The number of likely N-dealkylation sites (N-methyl/N-ethyl adjacent to an activating group) is 1. The number of piperidine rings is 1. The van der Waals surface area contributed by atoms with Crippen molar-refractivity contribution < 1.29 is 0 Å². The molecule has 25 rings (SSSR count). The molecule has 21 heterocycles. The van der Waals surface area contributed by atoms with Crippen molar-refractivity contribution in [2.24, 2.45) is 28.2 Å². The molecule has 145 heavy (non-hydrogen) atoms. The Morgan fingerprint density at radius 2 is 0.786 bits per heavy atom. The highest BCUT2D eigenvalue weighted by Gasteiger charge is 2.30. The number of hydrogen-bond donors (Lipinski definition) is 3. The van der Waals surface area contributed by atoms with E-state index in [0.717, 1.165) is 239 Å². The number of aryl methyl sites for hydroxylation is 10. The number of nitrogens with one attached hydrogen (secondary N) is 3. The number of fused-ring (bicyclic) bond motifs is 10. The SMILES string of the molecule is CCN1CCC(c2ccc3nc(-c4cc(C)c5nn(C)cc5c4)cc(=O)n3c2)CC1.Cc1cc(N2CCNCC2)cn2c(=O)cc(-c3ccc4nn(C)cc4c3)nc12.Cc1cc(N2CCN[C@@H](C)C2)cn2c(=O)cc(-c3ccc4nn(C)cc4c3)nc12.Cc1cc(N2CCN[C@H](C)C2)cn2c(=O)cc(-c3ccc4nn(C)cc4c3)nc12.Cc1cn2nc(-c3cc(=O)n4cc(N5CC(N(C)C)C5)ccc4n3)cc2c(C)n1. The second kappa shape index (κ2) is 39.5. The maximum Gasteiger partial charge on any atom is 0.258 e. The lowest BCUT2D eigenvalue weighted by molar-refractivity contribution is 0.222. The Balaban J connectivity index is 0.000000107. The van der Waals surface area contributed by atoms with Crippen LogP contribution in [-0.2, 0) is 28.2 Å². The van der Waals surface area contributed by atoms with Crippen LogP contribution in [-0.4, -0.2) is 241 Å². The van der Waals surface area contributed by atoms with Crippen LogP contribution < -0.4 is 63.3 Å². The molecule has 5 fully saturated rings. The molecule has 3 N–H and O–H groups in total. The Morgan fingerprint density at radius 1 is 0.359 bits per heavy atom. The lowest BCUT2D eigenvalue weighted by atomic mass is 9.90. The molecule has 0 amide bonds. The molecule has 0 aliphatic carbocycles. The van der Waals surface area contributed by atoms with Gasteiger partial charge in [0.1, 0.15) is 33.9 Å². The number of aromatic nitrogens is 21. The molecule has 5 saturated heterocycles. The molecule has 2 atom stereocenters. The van der Waals surface area contributed by atoms with Crippen molar-refractivity contribution in [1.29, 1.82) is 0 Å². The predicted octanol–water partition coefficient (Wildman–Crippen LogP) is 12.2. The summed E-state index contributed by atoms with van der Waals surface area (Å²) in [5.74, 6) is 0.513. The maximum atomic E-state index is 13.0. The minimum absolute atomic E-state index is 0.0354. The number of rotatable bonds is 12. The average Bonchev–Trinajstić information content (AvgIpc) is 1.64. The molecular formula is C110H120N30O5. The lowest BCUT2D eigenvalue weighted by Gasteiger charge is -2.44. The van der Waals surface area contributed by atoms with Gasteiger partial charge < -0.3 is 45.3 Å². The van der Waals surface area contributed by atoms with Crippen LogP contribution in [0.15, 0.2) is 232 Å². The molecule has 5 aliphatic rings. The summed E-state index contributed by atoms with van der Waals surface area (Å²) in [6.07, 6.45) is 21.7. The standard InChI is InChI=1S/C24H27N5O.2C22H24N6O.C21H23N7O.C21H22N6O/c1-4-28-9-7-17(8-10-28)18-5-6-22-25-21(13-23(30)29(22)15-18)19-11-16(2)24-20(12-19)14-27(3)26-24;2*1-14-8-18(27-7-6-23-15(2)11-27)13-28-21(29)10-20(24-22(14)28)16-4-5-19-17(9-16)12-26(3)25-19;1-13-9-28-19(14(2)22-13)7-18(24-28)17-8-21(29)27-12-15(5-6-20(27)23-17)26-10-16(11-26)25(3)4;1-14-9-17(26-7-5-22-6-8-26)13-27-20(28)11-19(23-21(14)27)15-3-4-18-16(10-15)12-25(2)24-18/h5-6,11-15,17H,4,7-10H2,1-3H3;2*4-5,8-10,12-13,15,23H,6-7,11H2,1-3H3;5-9,12,16H,10-11H2,1-4H3;3-4,9-13,22H,5-8H2,1-2H3/t;2*15-;;/m.10../s1. The van der Waals surface area contributed by atoms with E-state index in [4.69, 9.17) is 19.9 Å². The normalized spacial score (nSPS) is 16.1. The maximum absolute atomic E-state index is 13.0. The largest absolute Gasteiger partial charge is 0.368 e. The topological polar surface area (TPSA) is 329 Å². The van der Waals surface area contributed by atoms with E-state index in [0.29, 0.717) is 86.4 Å². The molecule has 4 aromatic carbocycles. The summed E-state index contributed by atoms with van der Waals surface area (Å²) in [5.41, 5.74) is 26.8. The summed E-state index contributed by atoms with van der Waals surface area (Å²) in [4.78, 5) is 107. The molecular weight excluding hydrogens is 1820 g/mol. The smallest absolute Gasteiger partial charge is 0.258 e. The van der Waals surface area contributed by atoms with Crippen LogP contribution in [0.1, 0.15) is 78.7 Å². The first-order valence-corrected chi connectivity index (χ1v) is 49.8. The van der Waals surface area contributed by atoms with Gasteiger partial charge in [0.05, 0.1) is 96.4 Å². The van der Waals surface area contributed by atoms with Gasteiger partial charge in [-0.25, -0.2) is 29.4 Å². The molecule has 0 saturated carbocycles. The first kappa shape index (κ1) is 95.4. The zero-order chi connectivity index (χ0) is 101. The van der Waals surface area contributed by atoms with Gasteiger partial charge in [-0.05, 0) is 227 Å². The van der Waals surface area contributed by atoms with Crippen molar-refractivity contribution in [1.82, 2.24) is 126 Å². The van der Waals surface area contributed by atoms with Crippen molar-refractivity contribution >= 4 is 100 Å². The highest BCUT2D eigenvalue weighted by atomic mass is 16.1. The van der Waals surface area contributed by atoms with Gasteiger partial charge in [-0.15, -0.1) is 0 Å². The van der Waals surface area contributed by atoms with Gasteiger partial charge in [0.25, 0.3) is 27.8 Å². The highest BCUT2D eigenvalue weighted by molar-refractivity contribution is 5.89. The fourth-order valence-electron chi connectivity index (χ4n) is 20.7. The average molecular weight is 1940 g/mol. The van der Waals surface area contributed by atoms with Crippen LogP contribution in [0.4, 0.5) is 22.7 Å². The Labute approximate surface area is 836 Å². The Bertz CT molecular complexity index is 8550. The van der Waals surface area contributed by atoms with Crippen molar-refractivity contribution in [3.05, 3.63) is 299 Å². The lowest BCUT2D eigenvalue weighted by Crippen LogP contribution is -2.57. The van der Waals surface area contributed by atoms with E-state index in [1.165, 1.54) is 5.56 Å². The third-order valence-electron chi connectivity index (χ3n) is 28.5. The molecule has 0 radical (unpaired) electrons. The third kappa shape index (κ3) is 19.8. The second-order valence-corrected chi connectivity index (χ2v) is 39.6. The number of anilines is 4. The molecule has 35 nitrogen and oxygen atoms in total. The molecule has 0 bridgehead atoms. The number of likely N-dealkylation sites (tertiary alicyclic amines) is 1. The van der Waals surface area contributed by atoms with E-state index >= 15 is 0 Å². The first-order chi connectivity index (χ1) is 69.9. The summed E-state index contributed by atoms with van der Waals surface area (Å²) in [7, 11) is 11.8. The van der Waals surface area contributed by atoms with Crippen LogP contribution in [0.25, 0.3) is 134 Å². The minimum atomic E-state index is -0.111. The molecule has 740 valence electrons. The van der Waals surface area contributed by atoms with Crippen molar-refractivity contribution in [2.75, 3.05) is 132 Å². The summed E-state index contributed by atoms with van der Waals surface area (Å²) < 4.78 is 17.3. The third-order valence-corrected chi connectivity index (χ3v) is 28.5.